The Hall–Kier alpha value is -1.51. The first-order valence-electron chi connectivity index (χ1n) is 7.35. The van der Waals surface area contributed by atoms with Gasteiger partial charge >= 0.3 is 0 Å². The van der Waals surface area contributed by atoms with Crippen LogP contribution in [0.25, 0.3) is 0 Å². The molecule has 0 aliphatic heterocycles. The van der Waals surface area contributed by atoms with Crippen LogP contribution in [0.3, 0.4) is 0 Å². The normalized spacial score (nSPS) is 13.7. The van der Waals surface area contributed by atoms with Crippen molar-refractivity contribution in [3.8, 4) is 5.75 Å². The van der Waals surface area contributed by atoms with Gasteiger partial charge in [0.15, 0.2) is 0 Å². The van der Waals surface area contributed by atoms with Crippen LogP contribution in [-0.4, -0.2) is 6.61 Å². The minimum atomic E-state index is 0.196. The van der Waals surface area contributed by atoms with Crippen molar-refractivity contribution >= 4 is 11.6 Å². The topological polar surface area (TPSA) is 21.3 Å². The van der Waals surface area contributed by atoms with Gasteiger partial charge in [-0.3, -0.25) is 0 Å². The van der Waals surface area contributed by atoms with Gasteiger partial charge in [0.05, 0.1) is 6.61 Å². The minimum absolute atomic E-state index is 0.196. The third-order valence-corrected chi connectivity index (χ3v) is 3.77. The number of benzene rings is 2. The molecule has 0 bridgehead atoms. The van der Waals surface area contributed by atoms with Crippen molar-refractivity contribution in [2.24, 2.45) is 0 Å². The molecule has 0 fully saturated rings. The molecule has 2 rings (SSSR count). The first-order valence-corrected chi connectivity index (χ1v) is 7.72. The molecule has 0 radical (unpaired) electrons. The SMILES string of the molecule is CCOc1ccccc1C(C)NC(C)c1cccc(Cl)c1. The summed E-state index contributed by atoms with van der Waals surface area (Å²) in [6.07, 6.45) is 0. The van der Waals surface area contributed by atoms with Crippen LogP contribution >= 0.6 is 11.6 Å². The molecular formula is C18H22ClNO. The van der Waals surface area contributed by atoms with Crippen LogP contribution in [0.5, 0.6) is 5.75 Å². The lowest BCUT2D eigenvalue weighted by molar-refractivity contribution is 0.331. The first kappa shape index (κ1) is 15.9. The second-order valence-electron chi connectivity index (χ2n) is 5.14. The van der Waals surface area contributed by atoms with Crippen molar-refractivity contribution in [3.05, 3.63) is 64.7 Å². The molecule has 0 heterocycles. The van der Waals surface area contributed by atoms with Crippen molar-refractivity contribution in [1.29, 1.82) is 0 Å². The Labute approximate surface area is 132 Å². The van der Waals surface area contributed by atoms with Crippen LogP contribution in [0, 0.1) is 0 Å². The molecule has 2 unspecified atom stereocenters. The molecule has 1 N–H and O–H groups in total. The summed E-state index contributed by atoms with van der Waals surface area (Å²) in [4.78, 5) is 0. The summed E-state index contributed by atoms with van der Waals surface area (Å²) in [6, 6.07) is 16.5. The highest BCUT2D eigenvalue weighted by Gasteiger charge is 2.14. The summed E-state index contributed by atoms with van der Waals surface area (Å²) < 4.78 is 5.70. The molecule has 3 heteroatoms. The number of rotatable bonds is 6. The summed E-state index contributed by atoms with van der Waals surface area (Å²) >= 11 is 6.06. The average molecular weight is 304 g/mol. The zero-order valence-corrected chi connectivity index (χ0v) is 13.5. The van der Waals surface area contributed by atoms with Crippen LogP contribution < -0.4 is 10.1 Å². The second kappa shape index (κ2) is 7.48. The minimum Gasteiger partial charge on any atom is -0.494 e. The molecule has 0 spiro atoms. The Kier molecular flexibility index (Phi) is 5.66. The Morgan fingerprint density at radius 1 is 1.05 bits per heavy atom. The van der Waals surface area contributed by atoms with Crippen LogP contribution in [-0.2, 0) is 0 Å². The smallest absolute Gasteiger partial charge is 0.124 e. The van der Waals surface area contributed by atoms with Crippen LogP contribution in [0.15, 0.2) is 48.5 Å². The molecule has 2 nitrogen and oxygen atoms in total. The van der Waals surface area contributed by atoms with E-state index in [0.717, 1.165) is 10.8 Å². The van der Waals surface area contributed by atoms with E-state index < -0.39 is 0 Å². The number of hydrogen-bond donors (Lipinski definition) is 1. The fourth-order valence-corrected chi connectivity index (χ4v) is 2.66. The zero-order valence-electron chi connectivity index (χ0n) is 12.8. The van der Waals surface area contributed by atoms with E-state index >= 15 is 0 Å². The molecule has 0 aromatic heterocycles. The molecule has 0 amide bonds. The molecule has 2 atom stereocenters. The van der Waals surface area contributed by atoms with E-state index in [4.69, 9.17) is 16.3 Å². The van der Waals surface area contributed by atoms with Gasteiger partial charge in [-0.25, -0.2) is 0 Å². The van der Waals surface area contributed by atoms with Crippen molar-refractivity contribution in [3.63, 3.8) is 0 Å². The largest absolute Gasteiger partial charge is 0.494 e. The lowest BCUT2D eigenvalue weighted by Gasteiger charge is -2.22. The van der Waals surface area contributed by atoms with E-state index in [-0.39, 0.29) is 12.1 Å². The van der Waals surface area contributed by atoms with Gasteiger partial charge in [0, 0.05) is 22.7 Å². The fraction of sp³-hybridized carbons (Fsp3) is 0.333. The summed E-state index contributed by atoms with van der Waals surface area (Å²) in [5.41, 5.74) is 2.36. The average Bonchev–Trinajstić information content (AvgIpc) is 2.48. The number of ether oxygens (including phenoxy) is 1. The van der Waals surface area contributed by atoms with Gasteiger partial charge in [-0.05, 0) is 44.5 Å². The lowest BCUT2D eigenvalue weighted by Crippen LogP contribution is -2.23. The van der Waals surface area contributed by atoms with Gasteiger partial charge in [-0.15, -0.1) is 0 Å². The van der Waals surface area contributed by atoms with E-state index in [9.17, 15) is 0 Å². The van der Waals surface area contributed by atoms with Crippen molar-refractivity contribution in [2.75, 3.05) is 6.61 Å². The predicted octanol–water partition coefficient (Wildman–Crippen LogP) is 5.15. The summed E-state index contributed by atoms with van der Waals surface area (Å²) in [5, 5.41) is 4.37. The molecule has 0 aliphatic rings. The number of hydrogen-bond acceptors (Lipinski definition) is 2. The Balaban J connectivity index is 2.12. The number of nitrogens with one attached hydrogen (secondary N) is 1. The van der Waals surface area contributed by atoms with Crippen molar-refractivity contribution < 1.29 is 4.74 Å². The predicted molar refractivity (Wildman–Crippen MR) is 89.0 cm³/mol. The van der Waals surface area contributed by atoms with Gasteiger partial charge in [-0.2, -0.15) is 0 Å². The molecule has 21 heavy (non-hydrogen) atoms. The van der Waals surface area contributed by atoms with Crippen LogP contribution in [0.1, 0.15) is 44.0 Å². The summed E-state index contributed by atoms with van der Waals surface area (Å²) in [6.45, 7) is 6.97. The van der Waals surface area contributed by atoms with E-state index in [2.05, 4.69) is 31.3 Å². The molecule has 0 saturated carbocycles. The third-order valence-electron chi connectivity index (χ3n) is 3.53. The molecule has 2 aromatic rings. The Morgan fingerprint density at radius 3 is 2.52 bits per heavy atom. The Bertz CT molecular complexity index is 585. The van der Waals surface area contributed by atoms with Crippen molar-refractivity contribution in [1.82, 2.24) is 5.32 Å². The van der Waals surface area contributed by atoms with Crippen LogP contribution in [0.2, 0.25) is 5.02 Å². The third kappa shape index (κ3) is 4.23. The van der Waals surface area contributed by atoms with Crippen molar-refractivity contribution in [2.45, 2.75) is 32.9 Å². The maximum atomic E-state index is 6.06. The fourth-order valence-electron chi connectivity index (χ4n) is 2.46. The highest BCUT2D eigenvalue weighted by molar-refractivity contribution is 6.30. The lowest BCUT2D eigenvalue weighted by atomic mass is 10.0. The highest BCUT2D eigenvalue weighted by Crippen LogP contribution is 2.27. The maximum absolute atomic E-state index is 6.06. The standard InChI is InChI=1S/C18H22ClNO/c1-4-21-18-11-6-5-10-17(18)14(3)20-13(2)15-8-7-9-16(19)12-15/h5-14,20H,4H2,1-3H3. The first-order chi connectivity index (χ1) is 10.1. The monoisotopic (exact) mass is 303 g/mol. The highest BCUT2D eigenvalue weighted by atomic mass is 35.5. The summed E-state index contributed by atoms with van der Waals surface area (Å²) in [5.74, 6) is 0.943. The van der Waals surface area contributed by atoms with Gasteiger partial charge in [0.1, 0.15) is 5.75 Å². The van der Waals surface area contributed by atoms with E-state index in [1.54, 1.807) is 0 Å². The van der Waals surface area contributed by atoms with Gasteiger partial charge in [0.25, 0.3) is 0 Å². The van der Waals surface area contributed by atoms with Gasteiger partial charge < -0.3 is 10.1 Å². The quantitative estimate of drug-likeness (QED) is 0.796. The van der Waals surface area contributed by atoms with Crippen LogP contribution in [0.4, 0.5) is 0 Å². The molecule has 0 aliphatic carbocycles. The molecule has 112 valence electrons. The van der Waals surface area contributed by atoms with E-state index in [0.29, 0.717) is 6.61 Å². The van der Waals surface area contributed by atoms with E-state index in [1.807, 2.05) is 43.3 Å². The molecule has 0 saturated heterocycles. The second-order valence-corrected chi connectivity index (χ2v) is 5.57. The molecular weight excluding hydrogens is 282 g/mol. The number of para-hydroxylation sites is 1. The Morgan fingerprint density at radius 2 is 1.81 bits per heavy atom. The summed E-state index contributed by atoms with van der Waals surface area (Å²) in [7, 11) is 0. The number of halogens is 1. The zero-order chi connectivity index (χ0) is 15.2. The molecule has 2 aromatic carbocycles. The van der Waals surface area contributed by atoms with Gasteiger partial charge in [0.2, 0.25) is 0 Å². The van der Waals surface area contributed by atoms with E-state index in [1.165, 1.54) is 11.1 Å². The van der Waals surface area contributed by atoms with Gasteiger partial charge in [-0.1, -0.05) is 41.9 Å². The maximum Gasteiger partial charge on any atom is 0.124 e.